The Morgan fingerprint density at radius 3 is 2.67 bits per heavy atom. The van der Waals surface area contributed by atoms with Gasteiger partial charge in [-0.2, -0.15) is 0 Å². The molecule has 2 rings (SSSR count). The molecule has 0 saturated carbocycles. The number of benzene rings is 1. The Kier molecular flexibility index (Phi) is 5.35. The second-order valence-electron chi connectivity index (χ2n) is 3.49. The number of nitrogens with zero attached hydrogens (tertiary/aromatic N) is 1. The predicted octanol–water partition coefficient (Wildman–Crippen LogP) is 2.51. The van der Waals surface area contributed by atoms with Gasteiger partial charge in [-0.3, -0.25) is 0 Å². The van der Waals surface area contributed by atoms with Crippen molar-refractivity contribution in [2.24, 2.45) is 5.73 Å². The molecular weight excluding hydrogens is 238 g/mol. The summed E-state index contributed by atoms with van der Waals surface area (Å²) in [7, 11) is 1.90. The molecule has 0 fully saturated rings. The van der Waals surface area contributed by atoms with E-state index in [9.17, 15) is 4.39 Å². The lowest BCUT2D eigenvalue weighted by molar-refractivity contribution is 0.572. The SMILES string of the molecule is CN1CCC(N)c2cccc(F)c21.Cl.Cl. The zero-order valence-corrected chi connectivity index (χ0v) is 10.1. The van der Waals surface area contributed by atoms with Crippen LogP contribution in [-0.4, -0.2) is 13.6 Å². The van der Waals surface area contributed by atoms with Gasteiger partial charge in [-0.1, -0.05) is 12.1 Å². The Bertz CT molecular complexity index is 333. The van der Waals surface area contributed by atoms with Crippen LogP contribution in [0.25, 0.3) is 0 Å². The highest BCUT2D eigenvalue weighted by molar-refractivity contribution is 5.85. The molecule has 0 aliphatic carbocycles. The van der Waals surface area contributed by atoms with E-state index >= 15 is 0 Å². The molecule has 1 aromatic carbocycles. The van der Waals surface area contributed by atoms with Crippen LogP contribution in [0, 0.1) is 5.82 Å². The van der Waals surface area contributed by atoms with Crippen molar-refractivity contribution in [3.05, 3.63) is 29.6 Å². The Balaban J connectivity index is 0.000000980. The Morgan fingerprint density at radius 1 is 1.40 bits per heavy atom. The van der Waals surface area contributed by atoms with Crippen LogP contribution in [0.1, 0.15) is 18.0 Å². The van der Waals surface area contributed by atoms with Gasteiger partial charge in [-0.15, -0.1) is 24.8 Å². The van der Waals surface area contributed by atoms with E-state index in [1.165, 1.54) is 6.07 Å². The molecule has 15 heavy (non-hydrogen) atoms. The van der Waals surface area contributed by atoms with Crippen molar-refractivity contribution in [1.29, 1.82) is 0 Å². The molecule has 1 unspecified atom stereocenters. The fraction of sp³-hybridized carbons (Fsp3) is 0.400. The first-order chi connectivity index (χ1) is 6.20. The highest BCUT2D eigenvalue weighted by Crippen LogP contribution is 2.33. The average Bonchev–Trinajstić information content (AvgIpc) is 2.12. The van der Waals surface area contributed by atoms with Gasteiger partial charge in [-0.05, 0) is 18.1 Å². The minimum Gasteiger partial charge on any atom is -0.372 e. The van der Waals surface area contributed by atoms with E-state index in [1.54, 1.807) is 6.07 Å². The Hall–Kier alpha value is -0.510. The third kappa shape index (κ3) is 2.54. The fourth-order valence-corrected chi connectivity index (χ4v) is 1.83. The molecule has 2 N–H and O–H groups in total. The van der Waals surface area contributed by atoms with Crippen molar-refractivity contribution in [2.45, 2.75) is 12.5 Å². The highest BCUT2D eigenvalue weighted by Gasteiger charge is 2.22. The molecule has 86 valence electrons. The van der Waals surface area contributed by atoms with Crippen LogP contribution in [0.15, 0.2) is 18.2 Å². The number of nitrogens with two attached hydrogens (primary N) is 1. The standard InChI is InChI=1S/C10H13FN2.2ClH/c1-13-6-5-9(12)7-3-2-4-8(11)10(7)13;;/h2-4,9H,5-6,12H2,1H3;2*1H. The van der Waals surface area contributed by atoms with Gasteiger partial charge in [0.15, 0.2) is 0 Å². The van der Waals surface area contributed by atoms with Gasteiger partial charge in [-0.25, -0.2) is 4.39 Å². The molecule has 5 heteroatoms. The molecule has 1 aromatic rings. The molecule has 0 radical (unpaired) electrons. The summed E-state index contributed by atoms with van der Waals surface area (Å²) in [5.41, 5.74) is 7.48. The van der Waals surface area contributed by atoms with Crippen LogP contribution in [-0.2, 0) is 0 Å². The maximum absolute atomic E-state index is 13.4. The second kappa shape index (κ2) is 5.54. The van der Waals surface area contributed by atoms with E-state index in [1.807, 2.05) is 18.0 Å². The molecule has 0 aromatic heterocycles. The van der Waals surface area contributed by atoms with Crippen molar-refractivity contribution >= 4 is 30.5 Å². The second-order valence-corrected chi connectivity index (χ2v) is 3.49. The molecule has 1 aliphatic rings. The maximum Gasteiger partial charge on any atom is 0.146 e. The van der Waals surface area contributed by atoms with Crippen LogP contribution in [0.3, 0.4) is 0 Å². The van der Waals surface area contributed by atoms with Crippen molar-refractivity contribution in [3.63, 3.8) is 0 Å². The van der Waals surface area contributed by atoms with Crippen molar-refractivity contribution in [3.8, 4) is 0 Å². The lowest BCUT2D eigenvalue weighted by Gasteiger charge is -2.31. The highest BCUT2D eigenvalue weighted by atomic mass is 35.5. The summed E-state index contributed by atoms with van der Waals surface area (Å²) in [5.74, 6) is -0.171. The summed E-state index contributed by atoms with van der Waals surface area (Å²) in [5, 5.41) is 0. The molecular formula is C10H15Cl2FN2. The van der Waals surface area contributed by atoms with E-state index in [0.717, 1.165) is 18.5 Å². The first-order valence-corrected chi connectivity index (χ1v) is 4.45. The third-order valence-electron chi connectivity index (χ3n) is 2.57. The van der Waals surface area contributed by atoms with Gasteiger partial charge in [0.25, 0.3) is 0 Å². The molecule has 1 atom stereocenters. The first-order valence-electron chi connectivity index (χ1n) is 4.45. The first kappa shape index (κ1) is 14.5. The summed E-state index contributed by atoms with van der Waals surface area (Å²) < 4.78 is 13.4. The van der Waals surface area contributed by atoms with Crippen LogP contribution in [0.5, 0.6) is 0 Å². The minimum absolute atomic E-state index is 0. The number of fused-ring (bicyclic) bond motifs is 1. The summed E-state index contributed by atoms with van der Waals surface area (Å²) in [6, 6.07) is 5.08. The summed E-state index contributed by atoms with van der Waals surface area (Å²) in [6.07, 6.45) is 0.896. The third-order valence-corrected chi connectivity index (χ3v) is 2.57. The maximum atomic E-state index is 13.4. The van der Waals surface area contributed by atoms with Gasteiger partial charge in [0, 0.05) is 19.6 Å². The summed E-state index contributed by atoms with van der Waals surface area (Å²) in [6.45, 7) is 0.828. The Labute approximate surface area is 101 Å². The van der Waals surface area contributed by atoms with Crippen molar-refractivity contribution in [1.82, 2.24) is 0 Å². The fourth-order valence-electron chi connectivity index (χ4n) is 1.83. The molecule has 0 spiro atoms. The number of hydrogen-bond acceptors (Lipinski definition) is 2. The van der Waals surface area contributed by atoms with E-state index in [-0.39, 0.29) is 36.7 Å². The normalized spacial score (nSPS) is 18.6. The average molecular weight is 253 g/mol. The molecule has 1 heterocycles. The molecule has 0 bridgehead atoms. The minimum atomic E-state index is -0.171. The number of hydrogen-bond donors (Lipinski definition) is 1. The van der Waals surface area contributed by atoms with Crippen LogP contribution in [0.4, 0.5) is 10.1 Å². The van der Waals surface area contributed by atoms with Gasteiger partial charge in [0.2, 0.25) is 0 Å². The smallest absolute Gasteiger partial charge is 0.146 e. The lowest BCUT2D eigenvalue weighted by atomic mass is 9.97. The molecule has 2 nitrogen and oxygen atoms in total. The van der Waals surface area contributed by atoms with E-state index in [4.69, 9.17) is 5.73 Å². The van der Waals surface area contributed by atoms with Gasteiger partial charge < -0.3 is 10.6 Å². The zero-order valence-electron chi connectivity index (χ0n) is 8.44. The van der Waals surface area contributed by atoms with Gasteiger partial charge in [0.05, 0.1) is 5.69 Å². The van der Waals surface area contributed by atoms with Crippen molar-refractivity contribution < 1.29 is 4.39 Å². The largest absolute Gasteiger partial charge is 0.372 e. The van der Waals surface area contributed by atoms with Gasteiger partial charge >= 0.3 is 0 Å². The molecule has 0 saturated heterocycles. The number of para-hydroxylation sites is 1. The Morgan fingerprint density at radius 2 is 2.07 bits per heavy atom. The quantitative estimate of drug-likeness (QED) is 0.769. The number of halogens is 3. The lowest BCUT2D eigenvalue weighted by Crippen LogP contribution is -2.31. The zero-order chi connectivity index (χ0) is 9.42. The van der Waals surface area contributed by atoms with Crippen LogP contribution in [0.2, 0.25) is 0 Å². The van der Waals surface area contributed by atoms with E-state index in [2.05, 4.69) is 0 Å². The van der Waals surface area contributed by atoms with E-state index in [0.29, 0.717) is 5.69 Å². The van der Waals surface area contributed by atoms with E-state index < -0.39 is 0 Å². The molecule has 0 amide bonds. The van der Waals surface area contributed by atoms with Crippen LogP contribution >= 0.6 is 24.8 Å². The predicted molar refractivity (Wildman–Crippen MR) is 65.7 cm³/mol. The topological polar surface area (TPSA) is 29.3 Å². The monoisotopic (exact) mass is 252 g/mol. The number of anilines is 1. The summed E-state index contributed by atoms with van der Waals surface area (Å²) >= 11 is 0. The molecule has 1 aliphatic heterocycles. The van der Waals surface area contributed by atoms with Crippen LogP contribution < -0.4 is 10.6 Å². The summed E-state index contributed by atoms with van der Waals surface area (Å²) in [4.78, 5) is 1.92. The van der Waals surface area contributed by atoms with Crippen molar-refractivity contribution in [2.75, 3.05) is 18.5 Å². The number of rotatable bonds is 0. The van der Waals surface area contributed by atoms with Gasteiger partial charge in [0.1, 0.15) is 5.82 Å².